The molecule has 2 heterocycles. The van der Waals surface area contributed by atoms with Crippen molar-refractivity contribution < 1.29 is 0 Å². The Morgan fingerprint density at radius 1 is 1.43 bits per heavy atom. The van der Waals surface area contributed by atoms with E-state index in [1.54, 1.807) is 6.33 Å². The molecule has 0 fully saturated rings. The fourth-order valence-electron chi connectivity index (χ4n) is 1.73. The Labute approximate surface area is 83.8 Å². The number of fused-ring (bicyclic) bond motifs is 1. The molecule has 0 aliphatic heterocycles. The summed E-state index contributed by atoms with van der Waals surface area (Å²) in [5.41, 5.74) is 2.38. The average Bonchev–Trinajstić information content (AvgIpc) is 2.56. The van der Waals surface area contributed by atoms with Gasteiger partial charge >= 0.3 is 0 Å². The van der Waals surface area contributed by atoms with Gasteiger partial charge in [-0.1, -0.05) is 6.92 Å². The molecule has 0 N–H and O–H groups in total. The quantitative estimate of drug-likeness (QED) is 0.727. The van der Waals surface area contributed by atoms with Gasteiger partial charge in [-0.2, -0.15) is 0 Å². The van der Waals surface area contributed by atoms with Crippen LogP contribution >= 0.6 is 0 Å². The molecule has 0 aromatic carbocycles. The van der Waals surface area contributed by atoms with Gasteiger partial charge in [0.2, 0.25) is 0 Å². The summed E-state index contributed by atoms with van der Waals surface area (Å²) >= 11 is 0. The third-order valence-corrected chi connectivity index (χ3v) is 2.51. The molecule has 74 valence electrons. The highest BCUT2D eigenvalue weighted by Crippen LogP contribution is 2.22. The zero-order valence-corrected chi connectivity index (χ0v) is 8.86. The van der Waals surface area contributed by atoms with Crippen LogP contribution in [0, 0.1) is 0 Å². The Hall–Kier alpha value is -1.38. The first-order chi connectivity index (χ1) is 6.74. The number of aryl methyl sites for hydroxylation is 1. The summed E-state index contributed by atoms with van der Waals surface area (Å²) in [6, 6.07) is 0.452. The van der Waals surface area contributed by atoms with Crippen LogP contribution < -0.4 is 0 Å². The largest absolute Gasteiger partial charge is 0.330 e. The van der Waals surface area contributed by atoms with Gasteiger partial charge in [0.1, 0.15) is 12.0 Å². The van der Waals surface area contributed by atoms with Gasteiger partial charge in [0, 0.05) is 23.8 Å². The maximum absolute atomic E-state index is 4.32. The van der Waals surface area contributed by atoms with Crippen molar-refractivity contribution >= 4 is 11.0 Å². The van der Waals surface area contributed by atoms with Gasteiger partial charge in [0.15, 0.2) is 0 Å². The molecule has 0 aliphatic carbocycles. The molecule has 14 heavy (non-hydrogen) atoms. The molecule has 0 aliphatic rings. The summed E-state index contributed by atoms with van der Waals surface area (Å²) in [5, 5.41) is 1.18. The molecule has 0 saturated heterocycles. The van der Waals surface area contributed by atoms with Gasteiger partial charge in [-0.3, -0.25) is 0 Å². The maximum atomic E-state index is 4.32. The summed E-state index contributed by atoms with van der Waals surface area (Å²) in [6.45, 7) is 6.49. The zero-order chi connectivity index (χ0) is 10.1. The minimum Gasteiger partial charge on any atom is -0.330 e. The van der Waals surface area contributed by atoms with E-state index in [4.69, 9.17) is 0 Å². The zero-order valence-electron chi connectivity index (χ0n) is 8.86. The van der Waals surface area contributed by atoms with E-state index in [9.17, 15) is 0 Å². The Morgan fingerprint density at radius 2 is 2.21 bits per heavy atom. The van der Waals surface area contributed by atoms with Crippen molar-refractivity contribution in [1.29, 1.82) is 0 Å². The molecular weight excluding hydrogens is 174 g/mol. The highest BCUT2D eigenvalue weighted by molar-refractivity contribution is 5.79. The average molecular weight is 189 g/mol. The second kappa shape index (κ2) is 3.40. The van der Waals surface area contributed by atoms with Crippen LogP contribution in [0.2, 0.25) is 0 Å². The third kappa shape index (κ3) is 1.29. The standard InChI is InChI=1S/C11H15N3/c1-4-9-6-14(8(2)3)11-10(9)5-12-7-13-11/h5-8H,4H2,1-3H3. The second-order valence-electron chi connectivity index (χ2n) is 3.77. The highest BCUT2D eigenvalue weighted by Gasteiger charge is 2.09. The normalized spacial score (nSPS) is 11.4. The van der Waals surface area contributed by atoms with E-state index < -0.39 is 0 Å². The van der Waals surface area contributed by atoms with Crippen LogP contribution in [-0.4, -0.2) is 14.5 Å². The van der Waals surface area contributed by atoms with E-state index >= 15 is 0 Å². The van der Waals surface area contributed by atoms with Crippen LogP contribution in [0.5, 0.6) is 0 Å². The summed E-state index contributed by atoms with van der Waals surface area (Å²) in [5.74, 6) is 0. The van der Waals surface area contributed by atoms with Gasteiger partial charge in [-0.15, -0.1) is 0 Å². The van der Waals surface area contributed by atoms with Crippen LogP contribution in [0.1, 0.15) is 32.4 Å². The molecule has 0 unspecified atom stereocenters. The molecule has 0 radical (unpaired) electrons. The van der Waals surface area contributed by atoms with Crippen LogP contribution in [0.3, 0.4) is 0 Å². The fraction of sp³-hybridized carbons (Fsp3) is 0.455. The summed E-state index contributed by atoms with van der Waals surface area (Å²) < 4.78 is 2.20. The van der Waals surface area contributed by atoms with Gasteiger partial charge < -0.3 is 4.57 Å². The predicted octanol–water partition coefficient (Wildman–Crippen LogP) is 2.57. The minimum absolute atomic E-state index is 0.452. The van der Waals surface area contributed by atoms with E-state index in [1.165, 1.54) is 10.9 Å². The third-order valence-electron chi connectivity index (χ3n) is 2.51. The molecule has 0 saturated carbocycles. The Kier molecular flexibility index (Phi) is 2.23. The monoisotopic (exact) mass is 189 g/mol. The van der Waals surface area contributed by atoms with E-state index in [0.29, 0.717) is 6.04 Å². The van der Waals surface area contributed by atoms with Gasteiger partial charge in [0.05, 0.1) is 0 Å². The number of hydrogen-bond acceptors (Lipinski definition) is 2. The number of aromatic nitrogens is 3. The summed E-state index contributed by atoms with van der Waals surface area (Å²) in [7, 11) is 0. The lowest BCUT2D eigenvalue weighted by Crippen LogP contribution is -1.99. The van der Waals surface area contributed by atoms with Crippen LogP contribution in [-0.2, 0) is 6.42 Å². The smallest absolute Gasteiger partial charge is 0.143 e. The van der Waals surface area contributed by atoms with Crippen LogP contribution in [0.15, 0.2) is 18.7 Å². The SMILES string of the molecule is CCc1cn(C(C)C)c2ncncc12. The van der Waals surface area contributed by atoms with E-state index in [2.05, 4.69) is 41.5 Å². The molecule has 0 amide bonds. The lowest BCUT2D eigenvalue weighted by atomic mass is 10.2. The lowest BCUT2D eigenvalue weighted by Gasteiger charge is -2.07. The second-order valence-corrected chi connectivity index (χ2v) is 3.77. The Bertz CT molecular complexity index is 443. The van der Waals surface area contributed by atoms with E-state index in [0.717, 1.165) is 12.1 Å². The molecule has 0 spiro atoms. The molecule has 2 aromatic heterocycles. The number of nitrogens with zero attached hydrogens (tertiary/aromatic N) is 3. The molecule has 0 atom stereocenters. The Balaban J connectivity index is 2.73. The van der Waals surface area contributed by atoms with Gasteiger partial charge in [-0.25, -0.2) is 9.97 Å². The first kappa shape index (κ1) is 9.19. The molecule has 0 bridgehead atoms. The Morgan fingerprint density at radius 3 is 2.86 bits per heavy atom. The van der Waals surface area contributed by atoms with Crippen LogP contribution in [0.4, 0.5) is 0 Å². The van der Waals surface area contributed by atoms with Crippen molar-refractivity contribution in [1.82, 2.24) is 14.5 Å². The predicted molar refractivity (Wildman–Crippen MR) is 57.3 cm³/mol. The maximum Gasteiger partial charge on any atom is 0.143 e. The molecule has 2 aromatic rings. The van der Waals surface area contributed by atoms with Crippen molar-refractivity contribution in [2.45, 2.75) is 33.2 Å². The molecule has 2 rings (SSSR count). The molecule has 3 nitrogen and oxygen atoms in total. The number of hydrogen-bond donors (Lipinski definition) is 0. The molecule has 3 heteroatoms. The van der Waals surface area contributed by atoms with Crippen molar-refractivity contribution in [2.24, 2.45) is 0 Å². The van der Waals surface area contributed by atoms with Crippen molar-refractivity contribution in [2.75, 3.05) is 0 Å². The lowest BCUT2D eigenvalue weighted by molar-refractivity contribution is 0.616. The van der Waals surface area contributed by atoms with Crippen molar-refractivity contribution in [3.8, 4) is 0 Å². The number of rotatable bonds is 2. The van der Waals surface area contributed by atoms with E-state index in [1.807, 2.05) is 6.20 Å². The molecular formula is C11H15N3. The first-order valence-electron chi connectivity index (χ1n) is 5.03. The first-order valence-corrected chi connectivity index (χ1v) is 5.03. The topological polar surface area (TPSA) is 30.7 Å². The van der Waals surface area contributed by atoms with Gasteiger partial charge in [-0.05, 0) is 25.8 Å². The van der Waals surface area contributed by atoms with E-state index in [-0.39, 0.29) is 0 Å². The fourth-order valence-corrected chi connectivity index (χ4v) is 1.73. The van der Waals surface area contributed by atoms with Crippen molar-refractivity contribution in [3.05, 3.63) is 24.3 Å². The van der Waals surface area contributed by atoms with Crippen molar-refractivity contribution in [3.63, 3.8) is 0 Å². The highest BCUT2D eigenvalue weighted by atomic mass is 15.1. The summed E-state index contributed by atoms with van der Waals surface area (Å²) in [6.07, 6.45) is 6.73. The van der Waals surface area contributed by atoms with Gasteiger partial charge in [0.25, 0.3) is 0 Å². The van der Waals surface area contributed by atoms with Crippen LogP contribution in [0.25, 0.3) is 11.0 Å². The minimum atomic E-state index is 0.452. The summed E-state index contributed by atoms with van der Waals surface area (Å²) in [4.78, 5) is 8.39.